The summed E-state index contributed by atoms with van der Waals surface area (Å²) >= 11 is 0. The van der Waals surface area contributed by atoms with Crippen LogP contribution in [0.4, 0.5) is 0 Å². The second-order valence-corrected chi connectivity index (χ2v) is 8.42. The maximum atomic E-state index is 12.4. The molecule has 2 aromatic carbocycles. The van der Waals surface area contributed by atoms with Crippen LogP contribution in [-0.2, 0) is 16.7 Å². The molecule has 0 radical (unpaired) electrons. The van der Waals surface area contributed by atoms with E-state index >= 15 is 0 Å². The highest BCUT2D eigenvalue weighted by Gasteiger charge is 2.18. The molecular weight excluding hydrogens is 338 g/mol. The lowest BCUT2D eigenvalue weighted by atomic mass is 10.0. The van der Waals surface area contributed by atoms with Gasteiger partial charge in [0.1, 0.15) is 6.54 Å². The summed E-state index contributed by atoms with van der Waals surface area (Å²) in [7, 11) is 0.106. The maximum absolute atomic E-state index is 12.4. The van der Waals surface area contributed by atoms with Crippen molar-refractivity contribution < 1.29 is 22.2 Å². The summed E-state index contributed by atoms with van der Waals surface area (Å²) in [5.41, 5.74) is 2.38. The first kappa shape index (κ1) is 19.3. The Labute approximate surface area is 149 Å². The summed E-state index contributed by atoms with van der Waals surface area (Å²) in [6.45, 7) is 1.34. The summed E-state index contributed by atoms with van der Waals surface area (Å²) in [6, 6.07) is 16.7. The number of carbonyl (C=O) groups excluding carboxylic acids is 1. The van der Waals surface area contributed by atoms with Crippen LogP contribution < -0.4 is 0 Å². The monoisotopic (exact) mass is 362 g/mol. The number of hydrogen-bond acceptors (Lipinski definition) is 3. The smallest absolute Gasteiger partial charge is 0.265 e. The Hall–Kier alpha value is -2.02. The fraction of sp³-hybridized carbons (Fsp3) is 0.316. The van der Waals surface area contributed by atoms with E-state index in [0.717, 1.165) is 5.56 Å². The lowest BCUT2D eigenvalue weighted by Gasteiger charge is -2.29. The van der Waals surface area contributed by atoms with E-state index in [1.807, 2.05) is 56.6 Å². The minimum absolute atomic E-state index is 0.00551. The van der Waals surface area contributed by atoms with Crippen LogP contribution in [0.1, 0.15) is 27.9 Å². The summed E-state index contributed by atoms with van der Waals surface area (Å²) in [6.07, 6.45) is 0.399. The van der Waals surface area contributed by atoms with Crippen molar-refractivity contribution >= 4 is 15.9 Å². The molecule has 0 heterocycles. The molecular formula is C19H24NO4S+. The Morgan fingerprint density at radius 1 is 0.960 bits per heavy atom. The molecule has 0 saturated heterocycles. The van der Waals surface area contributed by atoms with Gasteiger partial charge in [0.05, 0.1) is 26.4 Å². The van der Waals surface area contributed by atoms with Crippen molar-refractivity contribution in [3.63, 3.8) is 0 Å². The predicted molar refractivity (Wildman–Crippen MR) is 98.0 cm³/mol. The van der Waals surface area contributed by atoms with Gasteiger partial charge in [0.25, 0.3) is 10.1 Å². The molecule has 0 fully saturated rings. The van der Waals surface area contributed by atoms with Crippen molar-refractivity contribution in [2.75, 3.05) is 26.4 Å². The van der Waals surface area contributed by atoms with Crippen LogP contribution >= 0.6 is 0 Å². The molecule has 0 unspecified atom stereocenters. The van der Waals surface area contributed by atoms with E-state index < -0.39 is 10.1 Å². The summed E-state index contributed by atoms with van der Waals surface area (Å²) in [5, 5.41) is 0. The van der Waals surface area contributed by atoms with Crippen molar-refractivity contribution in [2.24, 2.45) is 0 Å². The first-order valence-corrected chi connectivity index (χ1v) is 9.73. The van der Waals surface area contributed by atoms with Gasteiger partial charge in [-0.2, -0.15) is 8.42 Å². The van der Waals surface area contributed by atoms with Crippen LogP contribution in [0, 0.1) is 0 Å². The molecule has 25 heavy (non-hydrogen) atoms. The van der Waals surface area contributed by atoms with E-state index in [0.29, 0.717) is 35.1 Å². The molecule has 0 amide bonds. The van der Waals surface area contributed by atoms with Gasteiger partial charge < -0.3 is 4.48 Å². The Morgan fingerprint density at radius 3 is 2.08 bits per heavy atom. The van der Waals surface area contributed by atoms with Crippen LogP contribution in [0.25, 0.3) is 0 Å². The first-order chi connectivity index (χ1) is 11.7. The number of benzene rings is 2. The Bertz CT molecular complexity index is 812. The number of carbonyl (C=O) groups is 1. The van der Waals surface area contributed by atoms with E-state index in [2.05, 4.69) is 0 Å². The normalized spacial score (nSPS) is 12.1. The molecule has 2 rings (SSSR count). The van der Waals surface area contributed by atoms with Gasteiger partial charge in [0, 0.05) is 23.1 Å². The molecule has 5 nitrogen and oxygen atoms in total. The van der Waals surface area contributed by atoms with Crippen molar-refractivity contribution in [3.8, 4) is 0 Å². The van der Waals surface area contributed by atoms with Crippen LogP contribution in [0.5, 0.6) is 0 Å². The number of rotatable bonds is 8. The second-order valence-electron chi connectivity index (χ2n) is 6.85. The van der Waals surface area contributed by atoms with Gasteiger partial charge in [0.2, 0.25) is 0 Å². The highest BCUT2D eigenvalue weighted by atomic mass is 32.2. The zero-order valence-electron chi connectivity index (χ0n) is 14.6. The molecule has 0 spiro atoms. The number of hydrogen-bond donors (Lipinski definition) is 1. The van der Waals surface area contributed by atoms with E-state index in [1.165, 1.54) is 0 Å². The summed E-state index contributed by atoms with van der Waals surface area (Å²) in [4.78, 5) is 12.4. The van der Waals surface area contributed by atoms with Gasteiger partial charge in [-0.15, -0.1) is 0 Å². The molecule has 134 valence electrons. The topological polar surface area (TPSA) is 71.4 Å². The van der Waals surface area contributed by atoms with Crippen molar-refractivity contribution in [2.45, 2.75) is 13.0 Å². The third kappa shape index (κ3) is 6.42. The minimum atomic E-state index is -3.91. The highest BCUT2D eigenvalue weighted by molar-refractivity contribution is 7.85. The highest BCUT2D eigenvalue weighted by Crippen LogP contribution is 2.14. The largest absolute Gasteiger partial charge is 0.325 e. The fourth-order valence-electron chi connectivity index (χ4n) is 2.77. The van der Waals surface area contributed by atoms with Crippen molar-refractivity contribution in [1.82, 2.24) is 0 Å². The zero-order valence-corrected chi connectivity index (χ0v) is 15.4. The number of quaternary nitrogens is 1. The van der Waals surface area contributed by atoms with Crippen LogP contribution in [-0.4, -0.2) is 49.6 Å². The molecule has 0 saturated carbocycles. The van der Waals surface area contributed by atoms with Gasteiger partial charge in [-0.3, -0.25) is 9.35 Å². The predicted octanol–water partition coefficient (Wildman–Crippen LogP) is 2.77. The van der Waals surface area contributed by atoms with Crippen molar-refractivity contribution in [3.05, 3.63) is 71.3 Å². The summed E-state index contributed by atoms with van der Waals surface area (Å²) < 4.78 is 31.0. The van der Waals surface area contributed by atoms with Gasteiger partial charge in [-0.25, -0.2) is 0 Å². The third-order valence-corrected chi connectivity index (χ3v) is 4.83. The standard InChI is InChI=1S/C19H23NO4S/c1-20(2,13-6-14-25(22,23)24)15-16-9-11-18(12-10-16)19(21)17-7-4-3-5-8-17/h3-5,7-12H,6,13-15H2,1-2H3/p+1. The second kappa shape index (κ2) is 7.91. The lowest BCUT2D eigenvalue weighted by molar-refractivity contribution is -0.903. The van der Waals surface area contributed by atoms with Crippen molar-refractivity contribution in [1.29, 1.82) is 0 Å². The van der Waals surface area contributed by atoms with Gasteiger partial charge in [-0.05, 0) is 0 Å². The zero-order chi connectivity index (χ0) is 18.5. The van der Waals surface area contributed by atoms with Crippen LogP contribution in [0.2, 0.25) is 0 Å². The van der Waals surface area contributed by atoms with Gasteiger partial charge >= 0.3 is 0 Å². The van der Waals surface area contributed by atoms with Gasteiger partial charge in [0.15, 0.2) is 5.78 Å². The van der Waals surface area contributed by atoms with Crippen LogP contribution in [0.15, 0.2) is 54.6 Å². The molecule has 0 atom stereocenters. The SMILES string of the molecule is C[N+](C)(CCCS(=O)(=O)O)Cc1ccc(C(=O)c2ccccc2)cc1. The molecule has 6 heteroatoms. The fourth-order valence-corrected chi connectivity index (χ4v) is 3.26. The van der Waals surface area contributed by atoms with E-state index in [1.54, 1.807) is 12.1 Å². The lowest BCUT2D eigenvalue weighted by Crippen LogP contribution is -2.40. The Balaban J connectivity index is 1.98. The maximum Gasteiger partial charge on any atom is 0.265 e. The molecule has 0 aromatic heterocycles. The molecule has 2 aromatic rings. The third-order valence-electron chi connectivity index (χ3n) is 4.03. The number of nitrogens with zero attached hydrogens (tertiary/aromatic N) is 1. The average molecular weight is 362 g/mol. The van der Waals surface area contributed by atoms with E-state index in [-0.39, 0.29) is 11.5 Å². The summed E-state index contributed by atoms with van der Waals surface area (Å²) in [5.74, 6) is -0.229. The Kier molecular flexibility index (Phi) is 6.11. The first-order valence-electron chi connectivity index (χ1n) is 8.12. The molecule has 1 N–H and O–H groups in total. The molecule has 0 aliphatic carbocycles. The van der Waals surface area contributed by atoms with Crippen LogP contribution in [0.3, 0.4) is 0 Å². The minimum Gasteiger partial charge on any atom is -0.325 e. The molecule has 0 bridgehead atoms. The average Bonchev–Trinajstić information content (AvgIpc) is 2.54. The molecule has 0 aliphatic heterocycles. The molecule has 0 aliphatic rings. The van der Waals surface area contributed by atoms with Gasteiger partial charge in [-0.1, -0.05) is 54.6 Å². The Morgan fingerprint density at radius 2 is 1.52 bits per heavy atom. The van der Waals surface area contributed by atoms with E-state index in [4.69, 9.17) is 4.55 Å². The van der Waals surface area contributed by atoms with E-state index in [9.17, 15) is 13.2 Å². The number of ketones is 1. The quantitative estimate of drug-likeness (QED) is 0.445.